The van der Waals surface area contributed by atoms with E-state index in [1.807, 2.05) is 24.3 Å². The van der Waals surface area contributed by atoms with Crippen molar-refractivity contribution in [3.63, 3.8) is 0 Å². The van der Waals surface area contributed by atoms with Gasteiger partial charge in [0.1, 0.15) is 16.4 Å². The third-order valence-electron chi connectivity index (χ3n) is 3.70. The Balaban J connectivity index is 1.95. The highest BCUT2D eigenvalue weighted by atomic mass is 32.2. The van der Waals surface area contributed by atoms with E-state index in [1.54, 1.807) is 18.2 Å². The van der Waals surface area contributed by atoms with Crippen LogP contribution in [0.15, 0.2) is 65.6 Å². The molecular weight excluding hydrogens is 354 g/mol. The average Bonchev–Trinajstić information content (AvgIpc) is 2.60. The Bertz CT molecular complexity index is 1080. The molecule has 0 heterocycles. The van der Waals surface area contributed by atoms with Gasteiger partial charge in [0, 0.05) is 6.92 Å². The molecule has 0 fully saturated rings. The van der Waals surface area contributed by atoms with E-state index in [2.05, 4.69) is 5.32 Å². The molecule has 1 amide bonds. The van der Waals surface area contributed by atoms with Crippen LogP contribution in [0.3, 0.4) is 0 Å². The number of nitrogens with one attached hydrogen (secondary N) is 1. The van der Waals surface area contributed by atoms with Crippen LogP contribution in [0.2, 0.25) is 0 Å². The maximum Gasteiger partial charge on any atom is 0.339 e. The van der Waals surface area contributed by atoms with E-state index in [9.17, 15) is 13.2 Å². The van der Waals surface area contributed by atoms with Crippen LogP contribution in [0, 0.1) is 0 Å². The van der Waals surface area contributed by atoms with Gasteiger partial charge in [-0.2, -0.15) is 8.42 Å². The molecule has 3 aromatic carbocycles. The monoisotopic (exact) mass is 371 g/mol. The minimum absolute atomic E-state index is 0.0878. The number of benzene rings is 3. The third-order valence-corrected chi connectivity index (χ3v) is 4.94. The van der Waals surface area contributed by atoms with Gasteiger partial charge in [-0.3, -0.25) is 4.79 Å². The number of ether oxygens (including phenoxy) is 1. The summed E-state index contributed by atoms with van der Waals surface area (Å²) >= 11 is 0. The first kappa shape index (κ1) is 17.8. The van der Waals surface area contributed by atoms with Crippen LogP contribution in [0.1, 0.15) is 6.92 Å². The van der Waals surface area contributed by atoms with Gasteiger partial charge in [0.05, 0.1) is 12.8 Å². The van der Waals surface area contributed by atoms with Gasteiger partial charge in [0.25, 0.3) is 0 Å². The molecule has 0 aliphatic rings. The minimum atomic E-state index is -4.07. The van der Waals surface area contributed by atoms with E-state index in [1.165, 1.54) is 32.2 Å². The van der Waals surface area contributed by atoms with Gasteiger partial charge < -0.3 is 14.2 Å². The van der Waals surface area contributed by atoms with Crippen LogP contribution in [-0.4, -0.2) is 21.4 Å². The molecule has 6 nitrogen and oxygen atoms in total. The Kier molecular flexibility index (Phi) is 4.81. The molecule has 3 rings (SSSR count). The second-order valence-corrected chi connectivity index (χ2v) is 7.14. The van der Waals surface area contributed by atoms with Gasteiger partial charge in [0.15, 0.2) is 0 Å². The Morgan fingerprint density at radius 3 is 2.38 bits per heavy atom. The molecule has 0 aliphatic carbocycles. The molecule has 0 saturated carbocycles. The topological polar surface area (TPSA) is 81.7 Å². The van der Waals surface area contributed by atoms with Crippen molar-refractivity contribution in [1.29, 1.82) is 0 Å². The van der Waals surface area contributed by atoms with Crippen molar-refractivity contribution in [2.45, 2.75) is 11.8 Å². The molecule has 7 heteroatoms. The number of fused-ring (bicyclic) bond motifs is 1. The number of carbonyl (C=O) groups is 1. The molecule has 0 radical (unpaired) electrons. The van der Waals surface area contributed by atoms with E-state index in [4.69, 9.17) is 8.92 Å². The lowest BCUT2D eigenvalue weighted by Crippen LogP contribution is -2.12. The zero-order valence-corrected chi connectivity index (χ0v) is 15.0. The Labute approximate surface area is 151 Å². The molecule has 26 heavy (non-hydrogen) atoms. The first-order chi connectivity index (χ1) is 12.4. The maximum absolute atomic E-state index is 12.6. The summed E-state index contributed by atoms with van der Waals surface area (Å²) in [7, 11) is -2.64. The molecule has 134 valence electrons. The second kappa shape index (κ2) is 7.05. The van der Waals surface area contributed by atoms with Crippen molar-refractivity contribution in [1.82, 2.24) is 0 Å². The molecule has 3 aromatic rings. The first-order valence-corrected chi connectivity index (χ1v) is 9.19. The quantitative estimate of drug-likeness (QED) is 0.694. The highest BCUT2D eigenvalue weighted by Crippen LogP contribution is 2.29. The molecule has 0 bridgehead atoms. The minimum Gasteiger partial charge on any atom is -0.495 e. The predicted octanol–water partition coefficient (Wildman–Crippen LogP) is 3.57. The molecular formula is C19H17NO5S. The number of rotatable bonds is 5. The fourth-order valence-electron chi connectivity index (χ4n) is 2.52. The van der Waals surface area contributed by atoms with E-state index < -0.39 is 10.1 Å². The van der Waals surface area contributed by atoms with Crippen LogP contribution >= 0.6 is 0 Å². The predicted molar refractivity (Wildman–Crippen MR) is 99.1 cm³/mol. The van der Waals surface area contributed by atoms with Crippen LogP contribution < -0.4 is 14.2 Å². The third kappa shape index (κ3) is 3.78. The Morgan fingerprint density at radius 2 is 1.69 bits per heavy atom. The molecule has 1 N–H and O–H groups in total. The Morgan fingerprint density at radius 1 is 0.962 bits per heavy atom. The average molecular weight is 371 g/mol. The number of hydrogen-bond acceptors (Lipinski definition) is 5. The highest BCUT2D eigenvalue weighted by molar-refractivity contribution is 7.87. The van der Waals surface area contributed by atoms with Crippen molar-refractivity contribution >= 4 is 32.5 Å². The van der Waals surface area contributed by atoms with Crippen LogP contribution in [0.4, 0.5) is 5.69 Å². The highest BCUT2D eigenvalue weighted by Gasteiger charge is 2.19. The smallest absolute Gasteiger partial charge is 0.339 e. The number of amides is 1. The maximum atomic E-state index is 12.6. The summed E-state index contributed by atoms with van der Waals surface area (Å²) in [6, 6.07) is 16.7. The largest absolute Gasteiger partial charge is 0.495 e. The van der Waals surface area contributed by atoms with E-state index >= 15 is 0 Å². The number of anilines is 1. The lowest BCUT2D eigenvalue weighted by Gasteiger charge is -2.12. The lowest BCUT2D eigenvalue weighted by molar-refractivity contribution is -0.114. The standard InChI is InChI=1S/C19H17NO5S/c1-13(21)20-18-12-17(9-10-19(18)24-2)26(22,23)25-16-8-7-14-5-3-4-6-15(14)11-16/h3-12H,1-2H3,(H,20,21). The van der Waals surface area contributed by atoms with Crippen LogP contribution in [-0.2, 0) is 14.9 Å². The summed E-state index contributed by atoms with van der Waals surface area (Å²) in [6.07, 6.45) is 0. The van der Waals surface area contributed by atoms with Gasteiger partial charge in [-0.15, -0.1) is 0 Å². The van der Waals surface area contributed by atoms with Crippen molar-refractivity contribution < 1.29 is 22.1 Å². The molecule has 0 atom stereocenters. The SMILES string of the molecule is COc1ccc(S(=O)(=O)Oc2ccc3ccccc3c2)cc1NC(C)=O. The van der Waals surface area contributed by atoms with E-state index in [-0.39, 0.29) is 22.2 Å². The van der Waals surface area contributed by atoms with Crippen molar-refractivity contribution in [3.05, 3.63) is 60.7 Å². The summed E-state index contributed by atoms with van der Waals surface area (Å²) in [6.45, 7) is 1.33. The normalized spacial score (nSPS) is 11.2. The van der Waals surface area contributed by atoms with Gasteiger partial charge in [-0.05, 0) is 41.1 Å². The van der Waals surface area contributed by atoms with Crippen molar-refractivity contribution in [3.8, 4) is 11.5 Å². The molecule has 0 unspecified atom stereocenters. The molecule has 0 saturated heterocycles. The summed E-state index contributed by atoms with van der Waals surface area (Å²) in [4.78, 5) is 11.2. The fraction of sp³-hybridized carbons (Fsp3) is 0.105. The summed E-state index contributed by atoms with van der Waals surface area (Å²) < 4.78 is 35.6. The molecule has 0 aromatic heterocycles. The van der Waals surface area contributed by atoms with Crippen molar-refractivity contribution in [2.24, 2.45) is 0 Å². The van der Waals surface area contributed by atoms with Gasteiger partial charge in [0.2, 0.25) is 5.91 Å². The van der Waals surface area contributed by atoms with Crippen LogP contribution in [0.25, 0.3) is 10.8 Å². The lowest BCUT2D eigenvalue weighted by atomic mass is 10.1. The number of carbonyl (C=O) groups excluding carboxylic acids is 1. The Hall–Kier alpha value is -3.06. The summed E-state index contributed by atoms with van der Waals surface area (Å²) in [5.41, 5.74) is 0.253. The zero-order valence-electron chi connectivity index (χ0n) is 14.2. The first-order valence-electron chi connectivity index (χ1n) is 7.78. The summed E-state index contributed by atoms with van der Waals surface area (Å²) in [5, 5.41) is 4.39. The summed E-state index contributed by atoms with van der Waals surface area (Å²) in [5.74, 6) is 0.221. The zero-order chi connectivity index (χ0) is 18.7. The van der Waals surface area contributed by atoms with Gasteiger partial charge in [-0.1, -0.05) is 30.3 Å². The van der Waals surface area contributed by atoms with E-state index in [0.717, 1.165) is 10.8 Å². The number of methoxy groups -OCH3 is 1. The second-order valence-electron chi connectivity index (χ2n) is 5.59. The molecule has 0 aliphatic heterocycles. The fourth-order valence-corrected chi connectivity index (χ4v) is 3.47. The van der Waals surface area contributed by atoms with E-state index in [0.29, 0.717) is 5.75 Å². The van der Waals surface area contributed by atoms with Crippen LogP contribution in [0.5, 0.6) is 11.5 Å². The number of hydrogen-bond donors (Lipinski definition) is 1. The van der Waals surface area contributed by atoms with Gasteiger partial charge in [-0.25, -0.2) is 0 Å². The van der Waals surface area contributed by atoms with Crippen molar-refractivity contribution in [2.75, 3.05) is 12.4 Å². The van der Waals surface area contributed by atoms with Gasteiger partial charge >= 0.3 is 10.1 Å². The molecule has 0 spiro atoms.